The molecular formula is C22H23N3O3. The fourth-order valence-corrected chi connectivity index (χ4v) is 3.33. The Morgan fingerprint density at radius 2 is 1.96 bits per heavy atom. The molecule has 4 rings (SSSR count). The van der Waals surface area contributed by atoms with Crippen molar-refractivity contribution in [2.45, 2.75) is 19.1 Å². The number of nitrogens with zero attached hydrogens (tertiary/aromatic N) is 2. The lowest BCUT2D eigenvalue weighted by molar-refractivity contribution is 0.183. The third-order valence-electron chi connectivity index (χ3n) is 4.90. The van der Waals surface area contributed by atoms with E-state index in [1.54, 1.807) is 12.0 Å². The predicted molar refractivity (Wildman–Crippen MR) is 108 cm³/mol. The van der Waals surface area contributed by atoms with E-state index in [1.165, 1.54) is 0 Å². The van der Waals surface area contributed by atoms with Crippen molar-refractivity contribution < 1.29 is 14.3 Å². The molecule has 0 bridgehead atoms. The van der Waals surface area contributed by atoms with Crippen molar-refractivity contribution in [3.05, 3.63) is 66.2 Å². The van der Waals surface area contributed by atoms with Crippen LogP contribution in [-0.4, -0.2) is 42.2 Å². The minimum absolute atomic E-state index is 0.0413. The number of aromatic nitrogens is 1. The van der Waals surface area contributed by atoms with Crippen LogP contribution in [0.3, 0.4) is 0 Å². The van der Waals surface area contributed by atoms with E-state index in [0.29, 0.717) is 25.5 Å². The summed E-state index contributed by atoms with van der Waals surface area (Å²) in [7, 11) is 1.64. The van der Waals surface area contributed by atoms with Gasteiger partial charge in [0.2, 0.25) is 5.88 Å². The molecule has 1 N–H and O–H groups in total. The molecule has 0 aliphatic carbocycles. The number of likely N-dealkylation sites (tertiary alicyclic amines) is 1. The average Bonchev–Trinajstić information content (AvgIpc) is 3.21. The molecule has 6 nitrogen and oxygen atoms in total. The van der Waals surface area contributed by atoms with E-state index in [0.717, 1.165) is 28.6 Å². The number of ether oxygens (including phenoxy) is 2. The first-order chi connectivity index (χ1) is 13.7. The van der Waals surface area contributed by atoms with Gasteiger partial charge < -0.3 is 19.7 Å². The van der Waals surface area contributed by atoms with Gasteiger partial charge in [0.1, 0.15) is 11.9 Å². The normalized spacial score (nSPS) is 16.2. The number of hydrogen-bond donors (Lipinski definition) is 1. The maximum absolute atomic E-state index is 12.4. The molecule has 6 heteroatoms. The van der Waals surface area contributed by atoms with Gasteiger partial charge in [0.15, 0.2) is 0 Å². The van der Waals surface area contributed by atoms with Crippen LogP contribution in [0.1, 0.15) is 12.0 Å². The molecule has 1 aliphatic heterocycles. The molecule has 0 radical (unpaired) electrons. The highest BCUT2D eigenvalue weighted by molar-refractivity contribution is 5.78. The Hall–Kier alpha value is -3.28. The highest BCUT2D eigenvalue weighted by Crippen LogP contribution is 2.20. The Kier molecular flexibility index (Phi) is 5.28. The first-order valence-corrected chi connectivity index (χ1v) is 9.39. The smallest absolute Gasteiger partial charge is 0.317 e. The van der Waals surface area contributed by atoms with E-state index < -0.39 is 0 Å². The third-order valence-corrected chi connectivity index (χ3v) is 4.90. The lowest BCUT2D eigenvalue weighted by Gasteiger charge is -2.18. The molecular weight excluding hydrogens is 354 g/mol. The molecule has 2 aromatic carbocycles. The fraction of sp³-hybridized carbons (Fsp3) is 0.273. The first-order valence-electron chi connectivity index (χ1n) is 9.39. The maximum Gasteiger partial charge on any atom is 0.317 e. The van der Waals surface area contributed by atoms with Crippen LogP contribution in [0.15, 0.2) is 60.7 Å². The van der Waals surface area contributed by atoms with Gasteiger partial charge in [-0.05, 0) is 29.8 Å². The maximum atomic E-state index is 12.4. The van der Waals surface area contributed by atoms with Crippen LogP contribution < -0.4 is 14.8 Å². The summed E-state index contributed by atoms with van der Waals surface area (Å²) >= 11 is 0. The zero-order chi connectivity index (χ0) is 19.3. The zero-order valence-electron chi connectivity index (χ0n) is 15.8. The summed E-state index contributed by atoms with van der Waals surface area (Å²) in [4.78, 5) is 18.8. The number of hydrogen-bond acceptors (Lipinski definition) is 4. The van der Waals surface area contributed by atoms with E-state index >= 15 is 0 Å². The highest BCUT2D eigenvalue weighted by Gasteiger charge is 2.27. The van der Waals surface area contributed by atoms with Gasteiger partial charge in [-0.2, -0.15) is 0 Å². The summed E-state index contributed by atoms with van der Waals surface area (Å²) < 4.78 is 11.2. The van der Waals surface area contributed by atoms with Crippen LogP contribution in [0.2, 0.25) is 0 Å². The molecule has 1 fully saturated rings. The number of methoxy groups -OCH3 is 1. The largest absolute Gasteiger partial charge is 0.497 e. The molecule has 2 amide bonds. The van der Waals surface area contributed by atoms with E-state index in [1.807, 2.05) is 60.7 Å². The highest BCUT2D eigenvalue weighted by atomic mass is 16.5. The van der Waals surface area contributed by atoms with Gasteiger partial charge in [-0.25, -0.2) is 9.78 Å². The molecule has 1 unspecified atom stereocenters. The lowest BCUT2D eigenvalue weighted by Crippen LogP contribution is -2.39. The Morgan fingerprint density at radius 1 is 1.14 bits per heavy atom. The fourth-order valence-electron chi connectivity index (χ4n) is 3.33. The second-order valence-electron chi connectivity index (χ2n) is 6.82. The number of pyridine rings is 1. The number of carbonyl (C=O) groups excluding carboxylic acids is 1. The molecule has 28 heavy (non-hydrogen) atoms. The van der Waals surface area contributed by atoms with Gasteiger partial charge in [-0.3, -0.25) is 0 Å². The van der Waals surface area contributed by atoms with E-state index in [4.69, 9.17) is 9.47 Å². The van der Waals surface area contributed by atoms with Crippen molar-refractivity contribution in [1.82, 2.24) is 15.2 Å². The van der Waals surface area contributed by atoms with Gasteiger partial charge in [0, 0.05) is 31.0 Å². The standard InChI is InChI=1S/C22H23N3O3/c1-27-18-9-6-16(7-10-18)14-23-22(26)25-13-12-19(15-25)28-21-11-8-17-4-2-3-5-20(17)24-21/h2-11,19H,12-15H2,1H3,(H,23,26). The number of amides is 2. The van der Waals surface area contributed by atoms with Crippen LogP contribution in [0, 0.1) is 0 Å². The van der Waals surface area contributed by atoms with Crippen molar-refractivity contribution in [1.29, 1.82) is 0 Å². The molecule has 3 aromatic rings. The van der Waals surface area contributed by atoms with Crippen molar-refractivity contribution in [2.24, 2.45) is 0 Å². The van der Waals surface area contributed by atoms with Crippen LogP contribution in [0.25, 0.3) is 10.9 Å². The first kappa shape index (κ1) is 18.1. The average molecular weight is 377 g/mol. The Morgan fingerprint density at radius 3 is 2.79 bits per heavy atom. The minimum atomic E-state index is -0.0756. The van der Waals surface area contributed by atoms with Crippen LogP contribution >= 0.6 is 0 Å². The summed E-state index contributed by atoms with van der Waals surface area (Å²) in [6, 6.07) is 19.4. The van der Waals surface area contributed by atoms with Gasteiger partial charge in [0.05, 0.1) is 19.2 Å². The van der Waals surface area contributed by atoms with E-state index in [2.05, 4.69) is 10.3 Å². The SMILES string of the molecule is COc1ccc(CNC(=O)N2CCC(Oc3ccc4ccccc4n3)C2)cc1. The summed E-state index contributed by atoms with van der Waals surface area (Å²) in [5, 5.41) is 4.05. The van der Waals surface area contributed by atoms with Crippen LogP contribution in [-0.2, 0) is 6.54 Å². The Balaban J connectivity index is 1.29. The predicted octanol–water partition coefficient (Wildman–Crippen LogP) is 3.61. The molecule has 1 aliphatic rings. The topological polar surface area (TPSA) is 63.7 Å². The number of nitrogens with one attached hydrogen (secondary N) is 1. The second-order valence-corrected chi connectivity index (χ2v) is 6.82. The van der Waals surface area contributed by atoms with Crippen LogP contribution in [0.5, 0.6) is 11.6 Å². The molecule has 2 heterocycles. The number of rotatable bonds is 5. The van der Waals surface area contributed by atoms with Gasteiger partial charge in [0.25, 0.3) is 0 Å². The molecule has 144 valence electrons. The lowest BCUT2D eigenvalue weighted by atomic mass is 10.2. The van der Waals surface area contributed by atoms with Crippen molar-refractivity contribution in [3.8, 4) is 11.6 Å². The van der Waals surface area contributed by atoms with Crippen molar-refractivity contribution in [3.63, 3.8) is 0 Å². The van der Waals surface area contributed by atoms with E-state index in [9.17, 15) is 4.79 Å². The van der Waals surface area contributed by atoms with Crippen molar-refractivity contribution >= 4 is 16.9 Å². The number of urea groups is 1. The number of para-hydroxylation sites is 1. The second kappa shape index (κ2) is 8.17. The quantitative estimate of drug-likeness (QED) is 0.738. The molecule has 1 saturated heterocycles. The Bertz CT molecular complexity index is 959. The molecule has 1 atom stereocenters. The van der Waals surface area contributed by atoms with Gasteiger partial charge in [-0.1, -0.05) is 30.3 Å². The van der Waals surface area contributed by atoms with Crippen molar-refractivity contribution in [2.75, 3.05) is 20.2 Å². The monoisotopic (exact) mass is 377 g/mol. The zero-order valence-corrected chi connectivity index (χ0v) is 15.8. The molecule has 1 aromatic heterocycles. The summed E-state index contributed by atoms with van der Waals surface area (Å²) in [5.74, 6) is 1.40. The third kappa shape index (κ3) is 4.17. The van der Waals surface area contributed by atoms with Gasteiger partial charge >= 0.3 is 6.03 Å². The molecule has 0 spiro atoms. The minimum Gasteiger partial charge on any atom is -0.497 e. The summed E-state index contributed by atoms with van der Waals surface area (Å²) in [5.41, 5.74) is 1.94. The Labute approximate surface area is 164 Å². The summed E-state index contributed by atoms with van der Waals surface area (Å²) in [6.07, 6.45) is 0.755. The van der Waals surface area contributed by atoms with Gasteiger partial charge in [-0.15, -0.1) is 0 Å². The van der Waals surface area contributed by atoms with E-state index in [-0.39, 0.29) is 12.1 Å². The number of fused-ring (bicyclic) bond motifs is 1. The molecule has 0 saturated carbocycles. The van der Waals surface area contributed by atoms with Crippen LogP contribution in [0.4, 0.5) is 4.79 Å². The summed E-state index contributed by atoms with van der Waals surface area (Å²) in [6.45, 7) is 1.72. The number of carbonyl (C=O) groups is 1. The number of benzene rings is 2.